The minimum absolute atomic E-state index is 0.0558. The van der Waals surface area contributed by atoms with Crippen LogP contribution < -0.4 is 10.1 Å². The molecule has 0 aliphatic rings. The Morgan fingerprint density at radius 1 is 1.11 bits per heavy atom. The molecule has 100 valence electrons. The number of halogens is 2. The van der Waals surface area contributed by atoms with E-state index in [0.29, 0.717) is 18.1 Å². The maximum Gasteiger partial charge on any atom is 0.224 e. The van der Waals surface area contributed by atoms with Gasteiger partial charge < -0.3 is 10.1 Å². The highest BCUT2D eigenvalue weighted by molar-refractivity contribution is 5.39. The molecule has 0 saturated heterocycles. The zero-order chi connectivity index (χ0) is 13.8. The normalized spacial score (nSPS) is 10.3. The highest BCUT2D eigenvalue weighted by atomic mass is 19.1. The van der Waals surface area contributed by atoms with Crippen molar-refractivity contribution < 1.29 is 13.5 Å². The van der Waals surface area contributed by atoms with Gasteiger partial charge in [-0.2, -0.15) is 4.98 Å². The van der Waals surface area contributed by atoms with Gasteiger partial charge in [-0.15, -0.1) is 0 Å². The molecular formula is C13H13F2N3O. The van der Waals surface area contributed by atoms with E-state index in [9.17, 15) is 8.78 Å². The van der Waals surface area contributed by atoms with Gasteiger partial charge in [-0.1, -0.05) is 6.92 Å². The molecule has 0 aliphatic carbocycles. The molecule has 0 amide bonds. The van der Waals surface area contributed by atoms with Crippen LogP contribution in [0.15, 0.2) is 24.3 Å². The standard InChI is InChI=1S/C13H13F2N3O/c1-3-11-17-12(16-2)7-13(18-11)19-10-5-8(14)4-9(15)6-10/h4-7H,3H2,1-2H3,(H,16,17,18). The van der Waals surface area contributed by atoms with Crippen LogP contribution in [0.3, 0.4) is 0 Å². The molecule has 0 saturated carbocycles. The van der Waals surface area contributed by atoms with Crippen molar-refractivity contribution in [3.63, 3.8) is 0 Å². The molecule has 6 heteroatoms. The predicted octanol–water partition coefficient (Wildman–Crippen LogP) is 3.15. The lowest BCUT2D eigenvalue weighted by molar-refractivity contribution is 0.448. The highest BCUT2D eigenvalue weighted by Gasteiger charge is 2.07. The minimum atomic E-state index is -0.700. The first-order valence-corrected chi connectivity index (χ1v) is 5.80. The lowest BCUT2D eigenvalue weighted by atomic mass is 10.3. The molecule has 0 unspecified atom stereocenters. The summed E-state index contributed by atoms with van der Waals surface area (Å²) in [6.45, 7) is 1.90. The van der Waals surface area contributed by atoms with E-state index in [1.807, 2.05) is 6.92 Å². The van der Waals surface area contributed by atoms with E-state index in [0.717, 1.165) is 18.2 Å². The molecule has 1 aromatic heterocycles. The van der Waals surface area contributed by atoms with Crippen molar-refractivity contribution >= 4 is 5.82 Å². The van der Waals surface area contributed by atoms with Gasteiger partial charge in [0.1, 0.15) is 29.0 Å². The number of rotatable bonds is 4. The SMILES string of the molecule is CCc1nc(NC)cc(Oc2cc(F)cc(F)c2)n1. The molecule has 2 aromatic rings. The van der Waals surface area contributed by atoms with E-state index in [1.165, 1.54) is 0 Å². The van der Waals surface area contributed by atoms with Gasteiger partial charge >= 0.3 is 0 Å². The van der Waals surface area contributed by atoms with Crippen molar-refractivity contribution in [2.75, 3.05) is 12.4 Å². The number of hydrogen-bond acceptors (Lipinski definition) is 4. The summed E-state index contributed by atoms with van der Waals surface area (Å²) >= 11 is 0. The first-order valence-electron chi connectivity index (χ1n) is 5.80. The van der Waals surface area contributed by atoms with Crippen molar-refractivity contribution in [3.8, 4) is 11.6 Å². The summed E-state index contributed by atoms with van der Waals surface area (Å²) in [5.41, 5.74) is 0. The summed E-state index contributed by atoms with van der Waals surface area (Å²) in [5.74, 6) is 0.0566. The summed E-state index contributed by atoms with van der Waals surface area (Å²) in [4.78, 5) is 8.33. The Labute approximate surface area is 109 Å². The number of nitrogens with one attached hydrogen (secondary N) is 1. The number of aryl methyl sites for hydroxylation is 1. The van der Waals surface area contributed by atoms with Crippen LogP contribution in [0.5, 0.6) is 11.6 Å². The molecule has 2 rings (SSSR count). The summed E-state index contributed by atoms with van der Waals surface area (Å²) in [5, 5.41) is 2.87. The maximum absolute atomic E-state index is 13.1. The molecular weight excluding hydrogens is 252 g/mol. The number of hydrogen-bond donors (Lipinski definition) is 1. The predicted molar refractivity (Wildman–Crippen MR) is 67.4 cm³/mol. The molecule has 0 bridgehead atoms. The zero-order valence-corrected chi connectivity index (χ0v) is 10.6. The third-order valence-corrected chi connectivity index (χ3v) is 2.38. The molecule has 19 heavy (non-hydrogen) atoms. The topological polar surface area (TPSA) is 47.0 Å². The van der Waals surface area contributed by atoms with Crippen LogP contribution in [0.2, 0.25) is 0 Å². The van der Waals surface area contributed by atoms with Crippen molar-refractivity contribution in [3.05, 3.63) is 41.7 Å². The first-order chi connectivity index (χ1) is 9.10. The Morgan fingerprint density at radius 3 is 2.37 bits per heavy atom. The number of benzene rings is 1. The number of anilines is 1. The van der Waals surface area contributed by atoms with E-state index in [1.54, 1.807) is 13.1 Å². The molecule has 4 nitrogen and oxygen atoms in total. The van der Waals surface area contributed by atoms with E-state index in [4.69, 9.17) is 4.74 Å². The average molecular weight is 265 g/mol. The summed E-state index contributed by atoms with van der Waals surface area (Å²) in [6, 6.07) is 4.52. The van der Waals surface area contributed by atoms with Gasteiger partial charge in [0.25, 0.3) is 0 Å². The lowest BCUT2D eigenvalue weighted by Gasteiger charge is -2.08. The fraction of sp³-hybridized carbons (Fsp3) is 0.231. The second kappa shape index (κ2) is 5.60. The third kappa shape index (κ3) is 3.37. The molecule has 1 heterocycles. The van der Waals surface area contributed by atoms with E-state index < -0.39 is 11.6 Å². The number of ether oxygens (including phenoxy) is 1. The van der Waals surface area contributed by atoms with Gasteiger partial charge in [0, 0.05) is 37.7 Å². The van der Waals surface area contributed by atoms with E-state index >= 15 is 0 Å². The van der Waals surface area contributed by atoms with Crippen molar-refractivity contribution in [1.82, 2.24) is 9.97 Å². The molecule has 1 aromatic carbocycles. The monoisotopic (exact) mass is 265 g/mol. The third-order valence-electron chi connectivity index (χ3n) is 2.38. The van der Waals surface area contributed by atoms with Crippen LogP contribution >= 0.6 is 0 Å². The molecule has 0 fully saturated rings. The Kier molecular flexibility index (Phi) is 3.89. The Morgan fingerprint density at radius 2 is 1.79 bits per heavy atom. The van der Waals surface area contributed by atoms with Crippen LogP contribution in [0.1, 0.15) is 12.7 Å². The minimum Gasteiger partial charge on any atom is -0.439 e. The first kappa shape index (κ1) is 13.2. The fourth-order valence-corrected chi connectivity index (χ4v) is 1.52. The van der Waals surface area contributed by atoms with E-state index in [2.05, 4.69) is 15.3 Å². The maximum atomic E-state index is 13.1. The van der Waals surface area contributed by atoms with Crippen LogP contribution in [0.4, 0.5) is 14.6 Å². The molecule has 0 radical (unpaired) electrons. The largest absolute Gasteiger partial charge is 0.439 e. The molecule has 0 atom stereocenters. The van der Waals surface area contributed by atoms with Gasteiger partial charge in [-0.25, -0.2) is 13.8 Å². The van der Waals surface area contributed by atoms with Gasteiger partial charge in [-0.05, 0) is 0 Å². The van der Waals surface area contributed by atoms with Gasteiger partial charge in [0.15, 0.2) is 0 Å². The Hall–Kier alpha value is -2.24. The van der Waals surface area contributed by atoms with E-state index in [-0.39, 0.29) is 11.6 Å². The highest BCUT2D eigenvalue weighted by Crippen LogP contribution is 2.23. The summed E-state index contributed by atoms with van der Waals surface area (Å²) in [6.07, 6.45) is 0.628. The van der Waals surface area contributed by atoms with Crippen LogP contribution in [-0.2, 0) is 6.42 Å². The molecule has 0 aliphatic heterocycles. The van der Waals surface area contributed by atoms with Crippen molar-refractivity contribution in [1.29, 1.82) is 0 Å². The smallest absolute Gasteiger partial charge is 0.224 e. The Balaban J connectivity index is 2.31. The zero-order valence-electron chi connectivity index (χ0n) is 10.6. The lowest BCUT2D eigenvalue weighted by Crippen LogP contribution is -2.01. The van der Waals surface area contributed by atoms with Crippen molar-refractivity contribution in [2.45, 2.75) is 13.3 Å². The Bertz CT molecular complexity index is 548. The van der Waals surface area contributed by atoms with Gasteiger partial charge in [0.05, 0.1) is 0 Å². The number of aromatic nitrogens is 2. The van der Waals surface area contributed by atoms with Gasteiger partial charge in [-0.3, -0.25) is 0 Å². The van der Waals surface area contributed by atoms with Crippen LogP contribution in [0, 0.1) is 11.6 Å². The quantitative estimate of drug-likeness (QED) is 0.922. The van der Waals surface area contributed by atoms with Crippen LogP contribution in [0.25, 0.3) is 0 Å². The molecule has 1 N–H and O–H groups in total. The summed E-state index contributed by atoms with van der Waals surface area (Å²) < 4.78 is 31.5. The van der Waals surface area contributed by atoms with Crippen LogP contribution in [-0.4, -0.2) is 17.0 Å². The second-order valence-corrected chi connectivity index (χ2v) is 3.82. The summed E-state index contributed by atoms with van der Waals surface area (Å²) in [7, 11) is 1.72. The number of nitrogens with zero attached hydrogens (tertiary/aromatic N) is 2. The van der Waals surface area contributed by atoms with Crippen molar-refractivity contribution in [2.24, 2.45) is 0 Å². The fourth-order valence-electron chi connectivity index (χ4n) is 1.52. The van der Waals surface area contributed by atoms with Gasteiger partial charge in [0.2, 0.25) is 5.88 Å². The molecule has 0 spiro atoms. The second-order valence-electron chi connectivity index (χ2n) is 3.82. The average Bonchev–Trinajstić information content (AvgIpc) is 2.37.